The fourth-order valence-electron chi connectivity index (χ4n) is 5.24. The summed E-state index contributed by atoms with van der Waals surface area (Å²) in [6.45, 7) is 3.21. The Morgan fingerprint density at radius 1 is 0.653 bits per heavy atom. The zero-order valence-electron chi connectivity index (χ0n) is 30.2. The summed E-state index contributed by atoms with van der Waals surface area (Å²) < 4.78 is 22.0. The number of carbonyl (C=O) groups excluding carboxylic acids is 2. The summed E-state index contributed by atoms with van der Waals surface area (Å²) >= 11 is 0. The number of ether oxygens (including phenoxy) is 4. The molecule has 1 saturated heterocycles. The van der Waals surface area contributed by atoms with Gasteiger partial charge in [-0.2, -0.15) is 0 Å². The van der Waals surface area contributed by atoms with Gasteiger partial charge in [-0.15, -0.1) is 0 Å². The van der Waals surface area contributed by atoms with Gasteiger partial charge in [0, 0.05) is 12.8 Å². The molecule has 0 bridgehead atoms. The third-order valence-electron chi connectivity index (χ3n) is 8.23. The van der Waals surface area contributed by atoms with Crippen molar-refractivity contribution < 1.29 is 49.0 Å². The highest BCUT2D eigenvalue weighted by molar-refractivity contribution is 5.70. The Bertz CT molecular complexity index is 944. The number of esters is 2. The van der Waals surface area contributed by atoms with Crippen molar-refractivity contribution in [3.05, 3.63) is 48.6 Å². The molecule has 0 aromatic heterocycles. The van der Waals surface area contributed by atoms with Crippen LogP contribution in [0.4, 0.5) is 0 Å². The number of allylic oxidation sites excluding steroid dienone is 8. The minimum Gasteiger partial charge on any atom is -0.462 e. The summed E-state index contributed by atoms with van der Waals surface area (Å²) in [6.07, 6.45) is 25.6. The standard InChI is InChI=1S/C39H66O10/c1-3-5-7-9-11-13-14-15-16-17-18-20-22-24-26-28-35(42)48-32(31-47-39-38(45)37(44)36(43)33(29-40)49-39)30-46-34(41)27-25-23-21-19-12-10-8-6-4-2/h5,7,11,13,15-16,18,20,32-33,36-40,43-45H,3-4,6,8-10,12,14,17,19,21-31H2,1-2H3/b7-5+,13-11+,16-15+,20-18+/t32-,33-,36+,37?,38?,39-/m1/s1. The van der Waals surface area contributed by atoms with Crippen LogP contribution in [0.3, 0.4) is 0 Å². The molecule has 1 rings (SSSR count). The van der Waals surface area contributed by atoms with Gasteiger partial charge in [0.25, 0.3) is 0 Å². The largest absolute Gasteiger partial charge is 0.462 e. The molecule has 6 atom stereocenters. The molecule has 0 amide bonds. The van der Waals surface area contributed by atoms with Crippen LogP contribution >= 0.6 is 0 Å². The Morgan fingerprint density at radius 2 is 1.20 bits per heavy atom. The number of hydrogen-bond acceptors (Lipinski definition) is 10. The van der Waals surface area contributed by atoms with E-state index < -0.39 is 55.4 Å². The monoisotopic (exact) mass is 694 g/mol. The number of rotatable bonds is 29. The summed E-state index contributed by atoms with van der Waals surface area (Å²) in [5.74, 6) is -0.864. The van der Waals surface area contributed by atoms with Crippen LogP contribution in [0.15, 0.2) is 48.6 Å². The molecular formula is C39H66O10. The first-order valence-corrected chi connectivity index (χ1v) is 18.7. The predicted molar refractivity (Wildman–Crippen MR) is 192 cm³/mol. The molecule has 1 heterocycles. The van der Waals surface area contributed by atoms with Crippen molar-refractivity contribution in [2.24, 2.45) is 0 Å². The highest BCUT2D eigenvalue weighted by Gasteiger charge is 2.44. The molecule has 0 aromatic carbocycles. The van der Waals surface area contributed by atoms with Gasteiger partial charge in [0.15, 0.2) is 12.4 Å². The highest BCUT2D eigenvalue weighted by atomic mass is 16.7. The molecule has 0 saturated carbocycles. The lowest BCUT2D eigenvalue weighted by atomic mass is 9.99. The normalized spacial score (nSPS) is 22.1. The topological polar surface area (TPSA) is 152 Å². The van der Waals surface area contributed by atoms with Crippen LogP contribution in [0.1, 0.15) is 129 Å². The van der Waals surface area contributed by atoms with Gasteiger partial charge in [-0.1, -0.05) is 114 Å². The van der Waals surface area contributed by atoms with Crippen molar-refractivity contribution >= 4 is 11.9 Å². The fourth-order valence-corrected chi connectivity index (χ4v) is 5.24. The van der Waals surface area contributed by atoms with E-state index in [4.69, 9.17) is 18.9 Å². The maximum Gasteiger partial charge on any atom is 0.306 e. The second-order valence-electron chi connectivity index (χ2n) is 12.7. The molecule has 0 aliphatic carbocycles. The Morgan fingerprint density at radius 3 is 1.82 bits per heavy atom. The number of aliphatic hydroxyl groups is 4. The first-order valence-electron chi connectivity index (χ1n) is 18.7. The Labute approximate surface area is 295 Å². The van der Waals surface area contributed by atoms with Crippen LogP contribution in [-0.2, 0) is 28.5 Å². The molecule has 0 radical (unpaired) electrons. The molecule has 4 N–H and O–H groups in total. The highest BCUT2D eigenvalue weighted by Crippen LogP contribution is 2.22. The fraction of sp³-hybridized carbons (Fsp3) is 0.744. The van der Waals surface area contributed by atoms with Crippen molar-refractivity contribution in [3.8, 4) is 0 Å². The van der Waals surface area contributed by atoms with E-state index in [2.05, 4.69) is 62.5 Å². The second-order valence-corrected chi connectivity index (χ2v) is 12.7. The van der Waals surface area contributed by atoms with Crippen LogP contribution < -0.4 is 0 Å². The van der Waals surface area contributed by atoms with E-state index in [0.29, 0.717) is 6.42 Å². The van der Waals surface area contributed by atoms with Gasteiger partial charge in [0.05, 0.1) is 13.2 Å². The molecule has 10 nitrogen and oxygen atoms in total. The van der Waals surface area contributed by atoms with Gasteiger partial charge in [-0.25, -0.2) is 0 Å². The predicted octanol–water partition coefficient (Wildman–Crippen LogP) is 6.54. The maximum atomic E-state index is 12.7. The first-order chi connectivity index (χ1) is 23.8. The van der Waals surface area contributed by atoms with Crippen molar-refractivity contribution in [2.75, 3.05) is 19.8 Å². The maximum absolute atomic E-state index is 12.7. The minimum absolute atomic E-state index is 0.177. The second kappa shape index (κ2) is 30.5. The average molecular weight is 695 g/mol. The molecule has 0 aromatic rings. The van der Waals surface area contributed by atoms with Crippen LogP contribution in [-0.4, -0.2) is 89.0 Å². The quantitative estimate of drug-likeness (QED) is 0.0386. The third-order valence-corrected chi connectivity index (χ3v) is 8.23. The summed E-state index contributed by atoms with van der Waals surface area (Å²) in [5, 5.41) is 39.8. The van der Waals surface area contributed by atoms with Gasteiger partial charge >= 0.3 is 11.9 Å². The number of carbonyl (C=O) groups is 2. The van der Waals surface area contributed by atoms with Gasteiger partial charge in [0.2, 0.25) is 0 Å². The molecule has 49 heavy (non-hydrogen) atoms. The van der Waals surface area contributed by atoms with E-state index in [1.165, 1.54) is 32.1 Å². The van der Waals surface area contributed by atoms with E-state index in [-0.39, 0.29) is 26.1 Å². The number of aliphatic hydroxyl groups excluding tert-OH is 4. The van der Waals surface area contributed by atoms with Gasteiger partial charge in [-0.05, 0) is 51.4 Å². The lowest BCUT2D eigenvalue weighted by Gasteiger charge is -2.39. The third kappa shape index (κ3) is 22.9. The van der Waals surface area contributed by atoms with Gasteiger partial charge < -0.3 is 39.4 Å². The van der Waals surface area contributed by atoms with Crippen LogP contribution in [0.2, 0.25) is 0 Å². The average Bonchev–Trinajstić information content (AvgIpc) is 3.10. The van der Waals surface area contributed by atoms with Gasteiger partial charge in [0.1, 0.15) is 31.0 Å². The van der Waals surface area contributed by atoms with Crippen molar-refractivity contribution in [1.82, 2.24) is 0 Å². The van der Waals surface area contributed by atoms with Crippen molar-refractivity contribution in [2.45, 2.75) is 166 Å². The minimum atomic E-state index is -1.60. The van der Waals surface area contributed by atoms with E-state index in [9.17, 15) is 30.0 Å². The molecule has 10 heteroatoms. The van der Waals surface area contributed by atoms with Gasteiger partial charge in [-0.3, -0.25) is 9.59 Å². The summed E-state index contributed by atoms with van der Waals surface area (Å²) in [6, 6.07) is 0. The lowest BCUT2D eigenvalue weighted by molar-refractivity contribution is -0.305. The molecule has 2 unspecified atom stereocenters. The molecular weight excluding hydrogens is 628 g/mol. The SMILES string of the molecule is CC/C=C/C/C=C/C/C=C/C/C=C/CCCCC(=O)O[C@H](COC(=O)CCCCCCCCCCC)CO[C@@H]1O[C@H](CO)[C@H](O)C(O)C1O. The lowest BCUT2D eigenvalue weighted by Crippen LogP contribution is -2.59. The van der Waals surface area contributed by atoms with E-state index >= 15 is 0 Å². The summed E-state index contributed by atoms with van der Waals surface area (Å²) in [5.41, 5.74) is 0. The van der Waals surface area contributed by atoms with Crippen molar-refractivity contribution in [3.63, 3.8) is 0 Å². The summed E-state index contributed by atoms with van der Waals surface area (Å²) in [7, 11) is 0. The molecule has 1 aliphatic heterocycles. The Hall–Kier alpha value is -2.34. The smallest absolute Gasteiger partial charge is 0.306 e. The Kier molecular flexibility index (Phi) is 27.8. The zero-order chi connectivity index (χ0) is 36.0. The molecule has 0 spiro atoms. The summed E-state index contributed by atoms with van der Waals surface area (Å²) in [4.78, 5) is 25.1. The van der Waals surface area contributed by atoms with Crippen LogP contribution in [0, 0.1) is 0 Å². The number of hydrogen-bond donors (Lipinski definition) is 4. The van der Waals surface area contributed by atoms with Crippen LogP contribution in [0.25, 0.3) is 0 Å². The molecule has 282 valence electrons. The number of unbranched alkanes of at least 4 members (excludes halogenated alkanes) is 10. The van der Waals surface area contributed by atoms with Crippen molar-refractivity contribution in [1.29, 1.82) is 0 Å². The van der Waals surface area contributed by atoms with E-state index in [0.717, 1.165) is 64.2 Å². The van der Waals surface area contributed by atoms with E-state index in [1.54, 1.807) is 0 Å². The Balaban J connectivity index is 2.45. The molecule has 1 fully saturated rings. The molecule has 1 aliphatic rings. The van der Waals surface area contributed by atoms with Crippen LogP contribution in [0.5, 0.6) is 0 Å². The first kappa shape index (κ1) is 44.7. The zero-order valence-corrected chi connectivity index (χ0v) is 30.2. The van der Waals surface area contributed by atoms with E-state index in [1.807, 2.05) is 0 Å².